The lowest BCUT2D eigenvalue weighted by atomic mass is 10.0. The van der Waals surface area contributed by atoms with Gasteiger partial charge in [0.2, 0.25) is 0 Å². The van der Waals surface area contributed by atoms with Gasteiger partial charge in [-0.25, -0.2) is 4.79 Å². The minimum atomic E-state index is -2.37. The van der Waals surface area contributed by atoms with Crippen molar-refractivity contribution in [3.63, 3.8) is 0 Å². The van der Waals surface area contributed by atoms with E-state index >= 15 is 0 Å². The van der Waals surface area contributed by atoms with Gasteiger partial charge in [-0.05, 0) is 6.42 Å². The molecule has 0 aromatic carbocycles. The smallest absolute Gasteiger partial charge is 0.377 e. The zero-order chi connectivity index (χ0) is 19.0. The number of hydrogen-bond acceptors (Lipinski definition) is 4. The standard InChI is InChI=1S/C20H38O5/c1-3-4-5-6-7-8-9-10-11-12-13-14-15-16-17-20(24,19(22)23)25-18(2)21/h24H,3-17H2,1-2H3,(H,22,23). The molecule has 0 spiro atoms. The lowest BCUT2D eigenvalue weighted by Gasteiger charge is -2.22. The Balaban J connectivity index is 3.46. The molecule has 0 fully saturated rings. The fraction of sp³-hybridized carbons (Fsp3) is 0.900. The summed E-state index contributed by atoms with van der Waals surface area (Å²) in [7, 11) is 0. The van der Waals surface area contributed by atoms with E-state index in [1.54, 1.807) is 0 Å². The minimum Gasteiger partial charge on any atom is -0.476 e. The number of aliphatic carboxylic acids is 1. The van der Waals surface area contributed by atoms with Gasteiger partial charge in [0.25, 0.3) is 0 Å². The van der Waals surface area contributed by atoms with Crippen molar-refractivity contribution in [2.24, 2.45) is 0 Å². The molecule has 0 heterocycles. The monoisotopic (exact) mass is 358 g/mol. The predicted octanol–water partition coefficient (Wildman–Crippen LogP) is 5.19. The van der Waals surface area contributed by atoms with E-state index in [9.17, 15) is 14.7 Å². The molecule has 0 aliphatic heterocycles. The van der Waals surface area contributed by atoms with Crippen molar-refractivity contribution in [2.75, 3.05) is 0 Å². The number of rotatable bonds is 17. The van der Waals surface area contributed by atoms with Crippen LogP contribution in [-0.4, -0.2) is 27.9 Å². The predicted molar refractivity (Wildman–Crippen MR) is 99.3 cm³/mol. The molecule has 5 nitrogen and oxygen atoms in total. The summed E-state index contributed by atoms with van der Waals surface area (Å²) in [6.07, 6.45) is 16.7. The molecule has 0 aromatic heterocycles. The molecule has 0 saturated heterocycles. The van der Waals surface area contributed by atoms with E-state index in [0.29, 0.717) is 6.42 Å². The molecular weight excluding hydrogens is 320 g/mol. The molecule has 2 N–H and O–H groups in total. The largest absolute Gasteiger partial charge is 0.476 e. The second-order valence-electron chi connectivity index (χ2n) is 7.03. The number of carboxylic acids is 1. The molecule has 0 aliphatic rings. The normalized spacial score (nSPS) is 13.4. The molecule has 0 aliphatic carbocycles. The lowest BCUT2D eigenvalue weighted by Crippen LogP contribution is -2.42. The number of esters is 1. The molecule has 0 radical (unpaired) electrons. The van der Waals surface area contributed by atoms with Gasteiger partial charge in [-0.2, -0.15) is 0 Å². The highest BCUT2D eigenvalue weighted by Crippen LogP contribution is 2.19. The highest BCUT2D eigenvalue weighted by molar-refractivity contribution is 5.79. The third kappa shape index (κ3) is 13.8. The van der Waals surface area contributed by atoms with Crippen molar-refractivity contribution in [2.45, 2.75) is 116 Å². The molecule has 5 heteroatoms. The van der Waals surface area contributed by atoms with E-state index in [1.165, 1.54) is 64.2 Å². The van der Waals surface area contributed by atoms with Crippen LogP contribution >= 0.6 is 0 Å². The van der Waals surface area contributed by atoms with Crippen LogP contribution in [0.15, 0.2) is 0 Å². The number of ether oxygens (including phenoxy) is 1. The first-order chi connectivity index (χ1) is 11.9. The average Bonchev–Trinajstić information content (AvgIpc) is 2.54. The van der Waals surface area contributed by atoms with E-state index in [1.807, 2.05) is 0 Å². The summed E-state index contributed by atoms with van der Waals surface area (Å²) >= 11 is 0. The van der Waals surface area contributed by atoms with Gasteiger partial charge in [0, 0.05) is 13.3 Å². The average molecular weight is 359 g/mol. The van der Waals surface area contributed by atoms with Gasteiger partial charge in [0.05, 0.1) is 0 Å². The van der Waals surface area contributed by atoms with Crippen molar-refractivity contribution < 1.29 is 24.5 Å². The topological polar surface area (TPSA) is 83.8 Å². The summed E-state index contributed by atoms with van der Waals surface area (Å²) in [5, 5.41) is 18.8. The van der Waals surface area contributed by atoms with Crippen LogP contribution < -0.4 is 0 Å². The summed E-state index contributed by atoms with van der Waals surface area (Å²) < 4.78 is 4.53. The first kappa shape index (κ1) is 23.9. The number of carboxylic acid groups (broad SMARTS) is 1. The zero-order valence-electron chi connectivity index (χ0n) is 16.2. The van der Waals surface area contributed by atoms with Crippen molar-refractivity contribution in [3.8, 4) is 0 Å². The van der Waals surface area contributed by atoms with Gasteiger partial charge in [-0.1, -0.05) is 90.4 Å². The maximum Gasteiger partial charge on any atom is 0.377 e. The number of carbonyl (C=O) groups excluding carboxylic acids is 1. The van der Waals surface area contributed by atoms with Crippen molar-refractivity contribution >= 4 is 11.9 Å². The molecule has 1 atom stereocenters. The minimum absolute atomic E-state index is 0.0556. The molecule has 0 bridgehead atoms. The van der Waals surface area contributed by atoms with E-state index in [0.717, 1.165) is 26.2 Å². The number of aliphatic hydroxyl groups is 1. The molecule has 0 rings (SSSR count). The SMILES string of the molecule is CCCCCCCCCCCCCCCCC(O)(OC(C)=O)C(=O)O. The molecule has 25 heavy (non-hydrogen) atoms. The number of carbonyl (C=O) groups is 2. The first-order valence-electron chi connectivity index (χ1n) is 10.1. The summed E-state index contributed by atoms with van der Waals surface area (Å²) in [6, 6.07) is 0. The molecule has 0 saturated carbocycles. The van der Waals surface area contributed by atoms with Gasteiger partial charge in [-0.15, -0.1) is 0 Å². The molecule has 0 amide bonds. The van der Waals surface area contributed by atoms with Crippen LogP contribution in [-0.2, 0) is 14.3 Å². The molecule has 1 unspecified atom stereocenters. The van der Waals surface area contributed by atoms with Crippen LogP contribution in [0, 0.1) is 0 Å². The van der Waals surface area contributed by atoms with Crippen LogP contribution in [0.4, 0.5) is 0 Å². The summed E-state index contributed by atoms with van der Waals surface area (Å²) in [4.78, 5) is 21.9. The fourth-order valence-electron chi connectivity index (χ4n) is 3.00. The zero-order valence-corrected chi connectivity index (χ0v) is 16.2. The van der Waals surface area contributed by atoms with Gasteiger partial charge < -0.3 is 14.9 Å². The third-order valence-electron chi connectivity index (χ3n) is 4.52. The van der Waals surface area contributed by atoms with E-state index in [2.05, 4.69) is 11.7 Å². The molecule has 0 aromatic rings. The maximum absolute atomic E-state index is 11.0. The van der Waals surface area contributed by atoms with Crippen LogP contribution in [0.5, 0.6) is 0 Å². The Kier molecular flexibility index (Phi) is 14.5. The van der Waals surface area contributed by atoms with E-state index in [-0.39, 0.29) is 6.42 Å². The third-order valence-corrected chi connectivity index (χ3v) is 4.52. The van der Waals surface area contributed by atoms with Crippen LogP contribution in [0.2, 0.25) is 0 Å². The Hall–Kier alpha value is -1.10. The quantitative estimate of drug-likeness (QED) is 0.212. The Labute approximate surface area is 153 Å². The molecular formula is C20H38O5. The van der Waals surface area contributed by atoms with Gasteiger partial charge in [0.1, 0.15) is 0 Å². The Morgan fingerprint density at radius 1 is 0.760 bits per heavy atom. The fourth-order valence-corrected chi connectivity index (χ4v) is 3.00. The first-order valence-corrected chi connectivity index (χ1v) is 10.1. The summed E-state index contributed by atoms with van der Waals surface area (Å²) in [5.74, 6) is -4.66. The number of hydrogen-bond donors (Lipinski definition) is 2. The number of unbranched alkanes of at least 4 members (excludes halogenated alkanes) is 13. The highest BCUT2D eigenvalue weighted by Gasteiger charge is 2.39. The Morgan fingerprint density at radius 2 is 1.12 bits per heavy atom. The van der Waals surface area contributed by atoms with Crippen LogP contribution in [0.1, 0.15) is 110 Å². The maximum atomic E-state index is 11.0. The van der Waals surface area contributed by atoms with Crippen LogP contribution in [0.25, 0.3) is 0 Å². The lowest BCUT2D eigenvalue weighted by molar-refractivity contribution is -0.224. The Morgan fingerprint density at radius 3 is 1.44 bits per heavy atom. The summed E-state index contributed by atoms with van der Waals surface area (Å²) in [5.41, 5.74) is 0. The van der Waals surface area contributed by atoms with Gasteiger partial charge in [0.15, 0.2) is 0 Å². The van der Waals surface area contributed by atoms with Gasteiger partial charge >= 0.3 is 17.7 Å². The van der Waals surface area contributed by atoms with Crippen LogP contribution in [0.3, 0.4) is 0 Å². The summed E-state index contributed by atoms with van der Waals surface area (Å²) in [6.45, 7) is 3.34. The van der Waals surface area contributed by atoms with Gasteiger partial charge in [-0.3, -0.25) is 4.79 Å². The Bertz CT molecular complexity index is 356. The second-order valence-corrected chi connectivity index (χ2v) is 7.03. The second kappa shape index (κ2) is 15.2. The highest BCUT2D eigenvalue weighted by atomic mass is 16.7. The van der Waals surface area contributed by atoms with Crippen molar-refractivity contribution in [1.29, 1.82) is 0 Å². The van der Waals surface area contributed by atoms with E-state index in [4.69, 9.17) is 5.11 Å². The molecule has 148 valence electrons. The van der Waals surface area contributed by atoms with Crippen molar-refractivity contribution in [1.82, 2.24) is 0 Å². The van der Waals surface area contributed by atoms with E-state index < -0.39 is 17.7 Å². The van der Waals surface area contributed by atoms with Crippen molar-refractivity contribution in [3.05, 3.63) is 0 Å².